The van der Waals surface area contributed by atoms with Gasteiger partial charge in [0.25, 0.3) is 0 Å². The van der Waals surface area contributed by atoms with Gasteiger partial charge in [-0.3, -0.25) is 4.90 Å². The minimum atomic E-state index is -0.440. The lowest BCUT2D eigenvalue weighted by Gasteiger charge is -2.38. The number of ether oxygens (including phenoxy) is 1. The predicted molar refractivity (Wildman–Crippen MR) is 78.3 cm³/mol. The Bertz CT molecular complexity index is 448. The van der Waals surface area contributed by atoms with Crippen molar-refractivity contribution in [2.75, 3.05) is 32.6 Å². The van der Waals surface area contributed by atoms with E-state index >= 15 is 0 Å². The fourth-order valence-electron chi connectivity index (χ4n) is 2.42. The zero-order valence-corrected chi connectivity index (χ0v) is 12.4. The van der Waals surface area contributed by atoms with Gasteiger partial charge < -0.3 is 4.74 Å². The molecule has 102 valence electrons. The standard InChI is InChI=1S/C15H20N2OS/c1-15(12-16,17-7-9-18-10-8-17)11-13-3-5-14(19-2)6-4-13/h3-6H,7-11H2,1-2H3. The first-order valence-electron chi connectivity index (χ1n) is 6.55. The van der Waals surface area contributed by atoms with Crippen molar-refractivity contribution in [3.8, 4) is 6.07 Å². The molecule has 1 saturated heterocycles. The van der Waals surface area contributed by atoms with Crippen LogP contribution in [0, 0.1) is 11.3 Å². The van der Waals surface area contributed by atoms with Crippen LogP contribution in [0.5, 0.6) is 0 Å². The van der Waals surface area contributed by atoms with E-state index in [1.54, 1.807) is 11.8 Å². The Hall–Kier alpha value is -1.02. The van der Waals surface area contributed by atoms with Crippen LogP contribution in [-0.2, 0) is 11.2 Å². The normalized spacial score (nSPS) is 19.6. The smallest absolute Gasteiger partial charge is 0.110 e. The summed E-state index contributed by atoms with van der Waals surface area (Å²) < 4.78 is 5.37. The Morgan fingerprint density at radius 3 is 2.47 bits per heavy atom. The van der Waals surface area contributed by atoms with E-state index in [4.69, 9.17) is 4.74 Å². The average molecular weight is 276 g/mol. The number of hydrogen-bond acceptors (Lipinski definition) is 4. The van der Waals surface area contributed by atoms with Crippen molar-refractivity contribution in [2.24, 2.45) is 0 Å². The summed E-state index contributed by atoms with van der Waals surface area (Å²) in [6.45, 7) is 5.16. The highest BCUT2D eigenvalue weighted by Crippen LogP contribution is 2.23. The van der Waals surface area contributed by atoms with E-state index in [2.05, 4.69) is 41.5 Å². The van der Waals surface area contributed by atoms with Gasteiger partial charge in [-0.25, -0.2) is 0 Å². The van der Waals surface area contributed by atoms with Crippen LogP contribution in [0.4, 0.5) is 0 Å². The average Bonchev–Trinajstić information content (AvgIpc) is 2.49. The molecule has 0 N–H and O–H groups in total. The highest BCUT2D eigenvalue weighted by atomic mass is 32.2. The van der Waals surface area contributed by atoms with Gasteiger partial charge in [0.1, 0.15) is 5.54 Å². The largest absolute Gasteiger partial charge is 0.379 e. The van der Waals surface area contributed by atoms with Gasteiger partial charge in [0.2, 0.25) is 0 Å². The fraction of sp³-hybridized carbons (Fsp3) is 0.533. The number of benzene rings is 1. The van der Waals surface area contributed by atoms with Gasteiger partial charge in [0.05, 0.1) is 19.3 Å². The number of morpholine rings is 1. The Morgan fingerprint density at radius 2 is 1.95 bits per heavy atom. The Morgan fingerprint density at radius 1 is 1.32 bits per heavy atom. The maximum absolute atomic E-state index is 9.56. The van der Waals surface area contributed by atoms with E-state index in [1.165, 1.54) is 10.5 Å². The maximum atomic E-state index is 9.56. The van der Waals surface area contributed by atoms with Gasteiger partial charge in [-0.2, -0.15) is 5.26 Å². The number of rotatable bonds is 4. The van der Waals surface area contributed by atoms with E-state index < -0.39 is 5.54 Å². The van der Waals surface area contributed by atoms with E-state index in [9.17, 15) is 5.26 Å². The summed E-state index contributed by atoms with van der Waals surface area (Å²) in [6, 6.07) is 11.0. The minimum absolute atomic E-state index is 0.440. The Kier molecular flexibility index (Phi) is 4.87. The Balaban J connectivity index is 2.10. The minimum Gasteiger partial charge on any atom is -0.379 e. The zero-order valence-electron chi connectivity index (χ0n) is 11.6. The SMILES string of the molecule is CSc1ccc(CC(C)(C#N)N2CCOCC2)cc1. The summed E-state index contributed by atoms with van der Waals surface area (Å²) in [5.41, 5.74) is 0.776. The summed E-state index contributed by atoms with van der Waals surface area (Å²) >= 11 is 1.74. The van der Waals surface area contributed by atoms with Gasteiger partial charge in [-0.15, -0.1) is 11.8 Å². The van der Waals surface area contributed by atoms with E-state index in [1.807, 2.05) is 6.92 Å². The lowest BCUT2D eigenvalue weighted by atomic mass is 9.92. The lowest BCUT2D eigenvalue weighted by Crippen LogP contribution is -2.52. The number of thioether (sulfide) groups is 1. The first kappa shape index (κ1) is 14.4. The topological polar surface area (TPSA) is 36.3 Å². The molecule has 2 rings (SSSR count). The third kappa shape index (κ3) is 3.50. The van der Waals surface area contributed by atoms with Crippen molar-refractivity contribution in [3.63, 3.8) is 0 Å². The van der Waals surface area contributed by atoms with Crippen molar-refractivity contribution < 1.29 is 4.74 Å². The highest BCUT2D eigenvalue weighted by molar-refractivity contribution is 7.98. The van der Waals surface area contributed by atoms with E-state index in [0.717, 1.165) is 32.7 Å². The van der Waals surface area contributed by atoms with Crippen molar-refractivity contribution >= 4 is 11.8 Å². The van der Waals surface area contributed by atoms with Gasteiger partial charge in [-0.05, 0) is 30.9 Å². The summed E-state index contributed by atoms with van der Waals surface area (Å²) in [6.07, 6.45) is 2.83. The van der Waals surface area contributed by atoms with Crippen molar-refractivity contribution in [2.45, 2.75) is 23.8 Å². The van der Waals surface area contributed by atoms with Gasteiger partial charge in [-0.1, -0.05) is 12.1 Å². The third-order valence-electron chi connectivity index (χ3n) is 3.66. The van der Waals surface area contributed by atoms with Gasteiger partial charge in [0.15, 0.2) is 0 Å². The second-order valence-electron chi connectivity index (χ2n) is 5.01. The van der Waals surface area contributed by atoms with Crippen molar-refractivity contribution in [3.05, 3.63) is 29.8 Å². The molecule has 19 heavy (non-hydrogen) atoms. The highest BCUT2D eigenvalue weighted by Gasteiger charge is 2.33. The fourth-order valence-corrected chi connectivity index (χ4v) is 2.83. The second kappa shape index (κ2) is 6.42. The van der Waals surface area contributed by atoms with Crippen molar-refractivity contribution in [1.29, 1.82) is 5.26 Å². The number of hydrogen-bond donors (Lipinski definition) is 0. The molecule has 0 aliphatic carbocycles. The maximum Gasteiger partial charge on any atom is 0.110 e. The quantitative estimate of drug-likeness (QED) is 0.792. The molecule has 1 aliphatic heterocycles. The first-order valence-corrected chi connectivity index (χ1v) is 7.77. The van der Waals surface area contributed by atoms with Crippen LogP contribution in [0.2, 0.25) is 0 Å². The molecule has 4 heteroatoms. The molecule has 1 aromatic rings. The molecule has 0 saturated carbocycles. The lowest BCUT2D eigenvalue weighted by molar-refractivity contribution is 0.00189. The molecule has 3 nitrogen and oxygen atoms in total. The number of nitriles is 1. The van der Waals surface area contributed by atoms with Crippen molar-refractivity contribution in [1.82, 2.24) is 4.90 Å². The molecule has 1 aliphatic rings. The van der Waals surface area contributed by atoms with Gasteiger partial charge in [0, 0.05) is 24.4 Å². The zero-order chi connectivity index (χ0) is 13.7. The molecule has 0 aromatic heterocycles. The monoisotopic (exact) mass is 276 g/mol. The summed E-state index contributed by atoms with van der Waals surface area (Å²) in [7, 11) is 0. The van der Waals surface area contributed by atoms with Crippen LogP contribution >= 0.6 is 11.8 Å². The Labute approximate surface area is 119 Å². The molecule has 0 spiro atoms. The molecule has 1 atom stereocenters. The molecule has 0 bridgehead atoms. The second-order valence-corrected chi connectivity index (χ2v) is 5.89. The van der Waals surface area contributed by atoms with Crippen LogP contribution in [-0.4, -0.2) is 43.0 Å². The molecule has 0 amide bonds. The molecular formula is C15H20N2OS. The molecule has 0 radical (unpaired) electrons. The third-order valence-corrected chi connectivity index (χ3v) is 4.40. The summed E-state index contributed by atoms with van der Waals surface area (Å²) in [4.78, 5) is 3.49. The summed E-state index contributed by atoms with van der Waals surface area (Å²) in [5, 5.41) is 9.56. The van der Waals surface area contributed by atoms with E-state index in [0.29, 0.717) is 0 Å². The van der Waals surface area contributed by atoms with Crippen LogP contribution in [0.3, 0.4) is 0 Å². The van der Waals surface area contributed by atoms with E-state index in [-0.39, 0.29) is 0 Å². The van der Waals surface area contributed by atoms with Crippen LogP contribution in [0.25, 0.3) is 0 Å². The van der Waals surface area contributed by atoms with Crippen LogP contribution in [0.1, 0.15) is 12.5 Å². The molecule has 1 unspecified atom stereocenters. The molecular weight excluding hydrogens is 256 g/mol. The molecule has 1 heterocycles. The van der Waals surface area contributed by atoms with Crippen LogP contribution in [0.15, 0.2) is 29.2 Å². The molecule has 1 aromatic carbocycles. The molecule has 1 fully saturated rings. The van der Waals surface area contributed by atoms with Crippen LogP contribution < -0.4 is 0 Å². The number of nitrogens with zero attached hydrogens (tertiary/aromatic N) is 2. The predicted octanol–water partition coefficient (Wildman–Crippen LogP) is 2.57. The summed E-state index contributed by atoms with van der Waals surface area (Å²) in [5.74, 6) is 0. The van der Waals surface area contributed by atoms with Gasteiger partial charge >= 0.3 is 0 Å². The first-order chi connectivity index (χ1) is 9.18.